The third-order valence-electron chi connectivity index (χ3n) is 7.36. The quantitative estimate of drug-likeness (QED) is 0.123. The van der Waals surface area contributed by atoms with E-state index in [2.05, 4.69) is 34.8 Å². The molecule has 0 fully saturated rings. The van der Waals surface area contributed by atoms with Crippen LogP contribution in [0.1, 0.15) is 142 Å². The van der Waals surface area contributed by atoms with Gasteiger partial charge in [-0.15, -0.1) is 0 Å². The minimum atomic E-state index is 0.00922. The maximum absolute atomic E-state index is 12.8. The Morgan fingerprint density at radius 2 is 1.19 bits per heavy atom. The predicted molar refractivity (Wildman–Crippen MR) is 163 cm³/mol. The fourth-order valence-corrected chi connectivity index (χ4v) is 5.49. The minimum absolute atomic E-state index is 0.00922. The van der Waals surface area contributed by atoms with E-state index in [1.807, 2.05) is 16.7 Å². The van der Waals surface area contributed by atoms with Crippen LogP contribution in [0.2, 0.25) is 0 Å². The van der Waals surface area contributed by atoms with Crippen LogP contribution in [0.3, 0.4) is 0 Å². The molecular weight excluding hydrogens is 524 g/mol. The summed E-state index contributed by atoms with van der Waals surface area (Å²) in [5, 5.41) is 0.958. The van der Waals surface area contributed by atoms with Crippen LogP contribution in [0.4, 0.5) is 0 Å². The van der Waals surface area contributed by atoms with Gasteiger partial charge in [0.25, 0.3) is 5.56 Å². The van der Waals surface area contributed by atoms with E-state index in [0.717, 1.165) is 49.2 Å². The highest BCUT2D eigenvalue weighted by Crippen LogP contribution is 2.21. The Kier molecular flexibility index (Phi) is 17.7. The number of hydrogen-bond acceptors (Lipinski definition) is 3. The number of aryl methyl sites for hydroxylation is 1. The summed E-state index contributed by atoms with van der Waals surface area (Å²) in [5.74, 6) is 0.791. The third kappa shape index (κ3) is 13.3. The van der Waals surface area contributed by atoms with Crippen LogP contribution >= 0.6 is 15.9 Å². The molecule has 0 atom stereocenters. The highest BCUT2D eigenvalue weighted by Gasteiger charge is 2.10. The number of hydrogen-bond donors (Lipinski definition) is 0. The lowest BCUT2D eigenvalue weighted by Gasteiger charge is -2.12. The Hall–Kier alpha value is -1.36. The van der Waals surface area contributed by atoms with E-state index in [1.165, 1.54) is 109 Å². The predicted octanol–water partition coefficient (Wildman–Crippen LogP) is 10.4. The standard InChI is InChI=1S/C32H53BrN2O2/c1-3-5-7-9-11-13-15-17-19-21-23-35-31-28(26-30(33)32(35)36)25-29(27-34-31)37-24-22-20-18-16-14-12-10-8-6-4-2/h25-27H,3-24H2,1-2H3. The zero-order valence-electron chi connectivity index (χ0n) is 23.9. The van der Waals surface area contributed by atoms with E-state index in [9.17, 15) is 4.79 Å². The Morgan fingerprint density at radius 3 is 1.73 bits per heavy atom. The van der Waals surface area contributed by atoms with Crippen LogP contribution in [0, 0.1) is 0 Å². The van der Waals surface area contributed by atoms with Crippen molar-refractivity contribution in [3.63, 3.8) is 0 Å². The molecule has 0 saturated heterocycles. The van der Waals surface area contributed by atoms with Crippen LogP contribution in [0.5, 0.6) is 5.75 Å². The van der Waals surface area contributed by atoms with E-state index in [0.29, 0.717) is 4.47 Å². The average molecular weight is 578 g/mol. The molecule has 0 saturated carbocycles. The first-order valence-electron chi connectivity index (χ1n) is 15.5. The summed E-state index contributed by atoms with van der Waals surface area (Å²) in [5.41, 5.74) is 0.769. The van der Waals surface area contributed by atoms with Crippen molar-refractivity contribution >= 4 is 27.0 Å². The maximum Gasteiger partial charge on any atom is 0.266 e. The molecule has 37 heavy (non-hydrogen) atoms. The summed E-state index contributed by atoms with van der Waals surface area (Å²) in [4.78, 5) is 17.4. The number of fused-ring (bicyclic) bond motifs is 1. The van der Waals surface area contributed by atoms with Crippen molar-refractivity contribution in [1.82, 2.24) is 9.55 Å². The second-order valence-electron chi connectivity index (χ2n) is 10.7. The first-order valence-corrected chi connectivity index (χ1v) is 16.3. The molecule has 4 nitrogen and oxygen atoms in total. The zero-order chi connectivity index (χ0) is 26.6. The highest BCUT2D eigenvalue weighted by molar-refractivity contribution is 9.10. The molecule has 2 aromatic heterocycles. The molecule has 5 heteroatoms. The SMILES string of the molecule is CCCCCCCCCCCCOc1cnc2c(c1)cc(Br)c(=O)n2CCCCCCCCCCCC. The van der Waals surface area contributed by atoms with Crippen molar-refractivity contribution < 1.29 is 4.74 Å². The molecule has 210 valence electrons. The number of pyridine rings is 2. The lowest BCUT2D eigenvalue weighted by Crippen LogP contribution is -2.22. The van der Waals surface area contributed by atoms with Crippen LogP contribution in [-0.4, -0.2) is 16.2 Å². The summed E-state index contributed by atoms with van der Waals surface area (Å²) in [6, 6.07) is 3.91. The van der Waals surface area contributed by atoms with Gasteiger partial charge in [0.2, 0.25) is 0 Å². The number of ether oxygens (including phenoxy) is 1. The first-order chi connectivity index (χ1) is 18.2. The van der Waals surface area contributed by atoms with Crippen molar-refractivity contribution in [3.05, 3.63) is 33.2 Å². The number of nitrogens with zero attached hydrogens (tertiary/aromatic N) is 2. The molecule has 0 bridgehead atoms. The topological polar surface area (TPSA) is 44.1 Å². The van der Waals surface area contributed by atoms with Crippen molar-refractivity contribution in [2.75, 3.05) is 6.61 Å². The van der Waals surface area contributed by atoms with Gasteiger partial charge in [-0.05, 0) is 40.9 Å². The fraction of sp³-hybridized carbons (Fsp3) is 0.750. The fourth-order valence-electron chi connectivity index (χ4n) is 5.03. The normalized spacial score (nSPS) is 11.4. The highest BCUT2D eigenvalue weighted by atomic mass is 79.9. The summed E-state index contributed by atoms with van der Waals surface area (Å²) in [6.07, 6.45) is 27.9. The molecule has 0 amide bonds. The van der Waals surface area contributed by atoms with Gasteiger partial charge in [-0.2, -0.15) is 0 Å². The summed E-state index contributed by atoms with van der Waals surface area (Å²) in [6.45, 7) is 5.98. The monoisotopic (exact) mass is 576 g/mol. The van der Waals surface area contributed by atoms with E-state index in [1.54, 1.807) is 6.20 Å². The minimum Gasteiger partial charge on any atom is -0.492 e. The number of rotatable bonds is 23. The molecule has 0 aromatic carbocycles. The van der Waals surface area contributed by atoms with Crippen LogP contribution in [0.15, 0.2) is 27.6 Å². The molecule has 2 heterocycles. The summed E-state index contributed by atoms with van der Waals surface area (Å²) in [7, 11) is 0. The van der Waals surface area contributed by atoms with Crippen LogP contribution in [0.25, 0.3) is 11.0 Å². The molecule has 2 rings (SSSR count). The molecular formula is C32H53BrN2O2. The van der Waals surface area contributed by atoms with Gasteiger partial charge in [0.05, 0.1) is 17.3 Å². The third-order valence-corrected chi connectivity index (χ3v) is 7.93. The number of halogens is 1. The van der Waals surface area contributed by atoms with Gasteiger partial charge < -0.3 is 4.74 Å². The van der Waals surface area contributed by atoms with Crippen LogP contribution in [-0.2, 0) is 6.54 Å². The second-order valence-corrected chi connectivity index (χ2v) is 11.6. The lowest BCUT2D eigenvalue weighted by atomic mass is 10.1. The Morgan fingerprint density at radius 1 is 0.703 bits per heavy atom. The summed E-state index contributed by atoms with van der Waals surface area (Å²) >= 11 is 3.47. The molecule has 0 radical (unpaired) electrons. The maximum atomic E-state index is 12.8. The average Bonchev–Trinajstić information content (AvgIpc) is 2.90. The van der Waals surface area contributed by atoms with Crippen LogP contribution < -0.4 is 10.3 Å². The molecule has 0 N–H and O–H groups in total. The lowest BCUT2D eigenvalue weighted by molar-refractivity contribution is 0.303. The molecule has 0 aliphatic heterocycles. The Labute approximate surface area is 235 Å². The van der Waals surface area contributed by atoms with Gasteiger partial charge in [-0.25, -0.2) is 4.98 Å². The second kappa shape index (κ2) is 20.6. The number of unbranched alkanes of at least 4 members (excludes halogenated alkanes) is 18. The van der Waals surface area contributed by atoms with Gasteiger partial charge in [0.15, 0.2) is 0 Å². The van der Waals surface area contributed by atoms with Gasteiger partial charge in [0.1, 0.15) is 11.4 Å². The first kappa shape index (κ1) is 31.9. The van der Waals surface area contributed by atoms with Gasteiger partial charge in [-0.1, -0.05) is 129 Å². The smallest absolute Gasteiger partial charge is 0.266 e. The van der Waals surface area contributed by atoms with Gasteiger partial charge >= 0.3 is 0 Å². The van der Waals surface area contributed by atoms with Crippen molar-refractivity contribution in [2.24, 2.45) is 0 Å². The van der Waals surface area contributed by atoms with Crippen molar-refractivity contribution in [1.29, 1.82) is 0 Å². The zero-order valence-corrected chi connectivity index (χ0v) is 25.5. The van der Waals surface area contributed by atoms with Crippen molar-refractivity contribution in [2.45, 2.75) is 149 Å². The molecule has 0 unspecified atom stereocenters. The van der Waals surface area contributed by atoms with E-state index >= 15 is 0 Å². The van der Waals surface area contributed by atoms with E-state index in [-0.39, 0.29) is 5.56 Å². The molecule has 0 spiro atoms. The molecule has 2 aromatic rings. The van der Waals surface area contributed by atoms with Gasteiger partial charge in [-0.3, -0.25) is 9.36 Å². The number of aromatic nitrogens is 2. The Bertz CT molecular complexity index is 912. The van der Waals surface area contributed by atoms with E-state index < -0.39 is 0 Å². The van der Waals surface area contributed by atoms with E-state index in [4.69, 9.17) is 4.74 Å². The van der Waals surface area contributed by atoms with Gasteiger partial charge in [0, 0.05) is 11.9 Å². The van der Waals surface area contributed by atoms with Crippen molar-refractivity contribution in [3.8, 4) is 5.75 Å². The summed E-state index contributed by atoms with van der Waals surface area (Å²) < 4.78 is 8.43. The Balaban J connectivity index is 1.70. The largest absolute Gasteiger partial charge is 0.492 e. The molecule has 0 aliphatic carbocycles. The molecule has 0 aliphatic rings.